The van der Waals surface area contributed by atoms with Gasteiger partial charge in [-0.2, -0.15) is 0 Å². The smallest absolute Gasteiger partial charge is 0.336 e. The van der Waals surface area contributed by atoms with Crippen molar-refractivity contribution in [2.24, 2.45) is 0 Å². The maximum absolute atomic E-state index is 13.7. The van der Waals surface area contributed by atoms with Gasteiger partial charge in [0.2, 0.25) is 0 Å². The molecule has 0 saturated heterocycles. The van der Waals surface area contributed by atoms with Gasteiger partial charge >= 0.3 is 17.9 Å². The van der Waals surface area contributed by atoms with Crippen molar-refractivity contribution >= 4 is 29.3 Å². The highest BCUT2D eigenvalue weighted by atomic mass is 19.1. The Morgan fingerprint density at radius 1 is 0.762 bits per heavy atom. The third-order valence-corrected chi connectivity index (χ3v) is 6.95. The van der Waals surface area contributed by atoms with Crippen LogP contribution in [0.3, 0.4) is 0 Å². The van der Waals surface area contributed by atoms with E-state index in [1.165, 1.54) is 19.1 Å². The summed E-state index contributed by atoms with van der Waals surface area (Å²) in [6.07, 6.45) is 0.747. The number of benzene rings is 4. The van der Waals surface area contributed by atoms with Crippen molar-refractivity contribution in [2.75, 3.05) is 4.90 Å². The zero-order valence-electron chi connectivity index (χ0n) is 23.4. The van der Waals surface area contributed by atoms with E-state index in [0.29, 0.717) is 17.8 Å². The van der Waals surface area contributed by atoms with Crippen molar-refractivity contribution in [3.63, 3.8) is 0 Å². The van der Waals surface area contributed by atoms with Gasteiger partial charge in [-0.3, -0.25) is 10.1 Å². The van der Waals surface area contributed by atoms with E-state index in [9.17, 15) is 23.9 Å². The SMILES string of the molecule is C[C@H](N[C@@H](CCc1ccccc1)C(=O)O)C(=O)OC(=O)[C@H](C)N(c1ccc(F)cc1)c1ccc(-c2ccccc2)cc1. The predicted octanol–water partition coefficient (Wildman–Crippen LogP) is 6.15. The molecule has 0 aliphatic rings. The molecule has 0 aromatic heterocycles. The van der Waals surface area contributed by atoms with Gasteiger partial charge in [-0.25, -0.2) is 14.0 Å². The average molecular weight is 569 g/mol. The molecule has 7 nitrogen and oxygen atoms in total. The number of carboxylic acids is 1. The number of aryl methyl sites for hydroxylation is 1. The fraction of sp³-hybridized carbons (Fsp3) is 0.206. The van der Waals surface area contributed by atoms with Crippen molar-refractivity contribution in [1.82, 2.24) is 5.32 Å². The van der Waals surface area contributed by atoms with Crippen molar-refractivity contribution in [3.8, 4) is 11.1 Å². The lowest BCUT2D eigenvalue weighted by Crippen LogP contribution is -2.48. The Bertz CT molecular complexity index is 1480. The van der Waals surface area contributed by atoms with Crippen molar-refractivity contribution in [3.05, 3.63) is 121 Å². The van der Waals surface area contributed by atoms with Crippen molar-refractivity contribution < 1.29 is 28.6 Å². The molecule has 0 amide bonds. The van der Waals surface area contributed by atoms with Crippen LogP contribution in [0.15, 0.2) is 109 Å². The maximum Gasteiger partial charge on any atom is 0.336 e. The summed E-state index contributed by atoms with van der Waals surface area (Å²) in [6, 6.07) is 29.4. The number of anilines is 2. The second kappa shape index (κ2) is 14.2. The molecule has 4 rings (SSSR count). The number of aliphatic carboxylic acids is 1. The predicted molar refractivity (Wildman–Crippen MR) is 160 cm³/mol. The molecule has 0 unspecified atom stereocenters. The lowest BCUT2D eigenvalue weighted by molar-refractivity contribution is -0.161. The van der Waals surface area contributed by atoms with Gasteiger partial charge in [-0.15, -0.1) is 0 Å². The summed E-state index contributed by atoms with van der Waals surface area (Å²) in [5.41, 5.74) is 4.14. The Hall–Kier alpha value is -4.82. The van der Waals surface area contributed by atoms with Gasteiger partial charge in [0.25, 0.3) is 0 Å². The van der Waals surface area contributed by atoms with Crippen LogP contribution in [0.1, 0.15) is 25.8 Å². The lowest BCUT2D eigenvalue weighted by atomic mass is 10.0. The minimum Gasteiger partial charge on any atom is -0.480 e. The van der Waals surface area contributed by atoms with Gasteiger partial charge in [-0.05, 0) is 79.8 Å². The van der Waals surface area contributed by atoms with Gasteiger partial charge in [-0.1, -0.05) is 72.8 Å². The molecule has 0 bridgehead atoms. The Kier molecular flexibility index (Phi) is 10.2. The van der Waals surface area contributed by atoms with E-state index >= 15 is 0 Å². The number of rotatable bonds is 12. The van der Waals surface area contributed by atoms with Gasteiger partial charge in [0.1, 0.15) is 23.9 Å². The molecular weight excluding hydrogens is 535 g/mol. The Morgan fingerprint density at radius 2 is 1.29 bits per heavy atom. The van der Waals surface area contributed by atoms with E-state index in [0.717, 1.165) is 16.7 Å². The molecule has 3 atom stereocenters. The largest absolute Gasteiger partial charge is 0.480 e. The number of carbonyl (C=O) groups excluding carboxylic acids is 2. The van der Waals surface area contributed by atoms with Crippen LogP contribution in [-0.4, -0.2) is 41.1 Å². The molecule has 0 heterocycles. The second-order valence-corrected chi connectivity index (χ2v) is 9.98. The number of carbonyl (C=O) groups is 3. The molecule has 4 aromatic carbocycles. The van der Waals surface area contributed by atoms with Crippen molar-refractivity contribution in [1.29, 1.82) is 0 Å². The first-order chi connectivity index (χ1) is 20.2. The van der Waals surface area contributed by atoms with E-state index in [-0.39, 0.29) is 6.42 Å². The van der Waals surface area contributed by atoms with Crippen LogP contribution < -0.4 is 10.2 Å². The molecule has 216 valence electrons. The summed E-state index contributed by atoms with van der Waals surface area (Å²) in [4.78, 5) is 39.6. The Morgan fingerprint density at radius 3 is 1.86 bits per heavy atom. The lowest BCUT2D eigenvalue weighted by Gasteiger charge is -2.30. The molecule has 2 N–H and O–H groups in total. The molecule has 0 saturated carbocycles. The number of nitrogens with one attached hydrogen (secondary N) is 1. The number of nitrogens with zero attached hydrogens (tertiary/aromatic N) is 1. The molecule has 0 aliphatic carbocycles. The molecule has 4 aromatic rings. The minimum atomic E-state index is -1.10. The minimum absolute atomic E-state index is 0.249. The van der Waals surface area contributed by atoms with Gasteiger partial charge in [0.15, 0.2) is 0 Å². The number of esters is 2. The van der Waals surface area contributed by atoms with E-state index in [4.69, 9.17) is 4.74 Å². The normalized spacial score (nSPS) is 13.0. The van der Waals surface area contributed by atoms with Gasteiger partial charge in [0, 0.05) is 11.4 Å². The van der Waals surface area contributed by atoms with Gasteiger partial charge < -0.3 is 14.7 Å². The van der Waals surface area contributed by atoms with Crippen LogP contribution in [0.5, 0.6) is 0 Å². The molecule has 0 aliphatic heterocycles. The first-order valence-electron chi connectivity index (χ1n) is 13.7. The second-order valence-electron chi connectivity index (χ2n) is 9.98. The number of halogens is 1. The molecular formula is C34H33FN2O5. The number of ether oxygens (including phenoxy) is 1. The maximum atomic E-state index is 13.7. The Balaban J connectivity index is 1.46. The summed E-state index contributed by atoms with van der Waals surface area (Å²) in [7, 11) is 0. The highest BCUT2D eigenvalue weighted by molar-refractivity contribution is 5.93. The molecule has 0 fully saturated rings. The number of carboxylic acid groups (broad SMARTS) is 1. The third kappa shape index (κ3) is 7.89. The van der Waals surface area contributed by atoms with Crippen LogP contribution in [0, 0.1) is 5.82 Å². The fourth-order valence-electron chi connectivity index (χ4n) is 4.62. The monoisotopic (exact) mass is 568 g/mol. The zero-order valence-corrected chi connectivity index (χ0v) is 23.4. The zero-order chi connectivity index (χ0) is 30.1. The quantitative estimate of drug-likeness (QED) is 0.156. The molecule has 0 radical (unpaired) electrons. The highest BCUT2D eigenvalue weighted by Crippen LogP contribution is 2.31. The van der Waals surface area contributed by atoms with Crippen LogP contribution in [0.4, 0.5) is 15.8 Å². The van der Waals surface area contributed by atoms with Crippen LogP contribution in [0.25, 0.3) is 11.1 Å². The summed E-state index contributed by atoms with van der Waals surface area (Å²) in [6.45, 7) is 3.04. The van der Waals surface area contributed by atoms with Crippen LogP contribution in [-0.2, 0) is 25.5 Å². The van der Waals surface area contributed by atoms with Crippen LogP contribution >= 0.6 is 0 Å². The van der Waals surface area contributed by atoms with Crippen LogP contribution in [0.2, 0.25) is 0 Å². The summed E-state index contributed by atoms with van der Waals surface area (Å²) < 4.78 is 18.9. The fourth-order valence-corrected chi connectivity index (χ4v) is 4.62. The van der Waals surface area contributed by atoms with E-state index in [2.05, 4.69) is 5.32 Å². The highest BCUT2D eigenvalue weighted by Gasteiger charge is 2.30. The number of hydrogen-bond donors (Lipinski definition) is 2. The van der Waals surface area contributed by atoms with Gasteiger partial charge in [0.05, 0.1) is 0 Å². The summed E-state index contributed by atoms with van der Waals surface area (Å²) in [5, 5.41) is 12.4. The van der Waals surface area contributed by atoms with E-state index in [1.807, 2.05) is 84.9 Å². The summed E-state index contributed by atoms with van der Waals surface area (Å²) in [5.74, 6) is -3.26. The first-order valence-corrected chi connectivity index (χ1v) is 13.7. The van der Waals surface area contributed by atoms with E-state index < -0.39 is 41.9 Å². The standard InChI is InChI=1S/C34H33FN2O5/c1-23(36-31(32(38)39)22-13-25-9-5-3-6-10-25)33(40)42-34(41)24(2)37(30-20-16-28(35)17-21-30)29-18-14-27(15-19-29)26-11-7-4-8-12-26/h3-12,14-21,23-24,31,36H,13,22H2,1-2H3,(H,38,39)/t23-,24-,31-/m0/s1. The molecule has 0 spiro atoms. The third-order valence-electron chi connectivity index (χ3n) is 6.95. The first kappa shape index (κ1) is 30.1. The molecule has 42 heavy (non-hydrogen) atoms. The number of hydrogen-bond acceptors (Lipinski definition) is 6. The topological polar surface area (TPSA) is 95.9 Å². The summed E-state index contributed by atoms with van der Waals surface area (Å²) >= 11 is 0. The average Bonchev–Trinajstić information content (AvgIpc) is 3.01. The van der Waals surface area contributed by atoms with Crippen molar-refractivity contribution in [2.45, 2.75) is 44.8 Å². The van der Waals surface area contributed by atoms with E-state index in [1.54, 1.807) is 24.0 Å². The Labute approximate surface area is 244 Å². The molecule has 8 heteroatoms.